The van der Waals surface area contributed by atoms with Crippen LogP contribution in [0.25, 0.3) is 16.8 Å². The minimum Gasteiger partial charge on any atom is -0.493 e. The second-order valence-electron chi connectivity index (χ2n) is 8.13. The zero-order chi connectivity index (χ0) is 23.8. The van der Waals surface area contributed by atoms with Gasteiger partial charge in [-0.15, -0.1) is 0 Å². The number of nitrogens with zero attached hydrogens (tertiary/aromatic N) is 6. The van der Waals surface area contributed by atoms with E-state index in [-0.39, 0.29) is 11.5 Å². The van der Waals surface area contributed by atoms with Gasteiger partial charge in [0, 0.05) is 43.3 Å². The van der Waals surface area contributed by atoms with Crippen LogP contribution in [0.4, 0.5) is 5.82 Å². The molecule has 3 aromatic heterocycles. The van der Waals surface area contributed by atoms with Crippen LogP contribution in [0.2, 0.25) is 0 Å². The number of hydrogen-bond donors (Lipinski definition) is 0. The molecule has 0 unspecified atom stereocenters. The van der Waals surface area contributed by atoms with Gasteiger partial charge in [0.25, 0.3) is 5.91 Å². The van der Waals surface area contributed by atoms with Crippen LogP contribution in [0.1, 0.15) is 21.7 Å². The lowest BCUT2D eigenvalue weighted by atomic mass is 10.1. The summed E-state index contributed by atoms with van der Waals surface area (Å²) < 4.78 is 12.6. The van der Waals surface area contributed by atoms with E-state index in [1.165, 1.54) is 13.4 Å². The lowest BCUT2D eigenvalue weighted by Crippen LogP contribution is -2.49. The van der Waals surface area contributed by atoms with Gasteiger partial charge in [0.15, 0.2) is 11.3 Å². The number of aryl methyl sites for hydroxylation is 1. The zero-order valence-electron chi connectivity index (χ0n) is 19.2. The normalized spacial score (nSPS) is 14.0. The van der Waals surface area contributed by atoms with Gasteiger partial charge in [-0.1, -0.05) is 12.1 Å². The van der Waals surface area contributed by atoms with Crippen molar-refractivity contribution in [2.24, 2.45) is 0 Å². The summed E-state index contributed by atoms with van der Waals surface area (Å²) in [5.74, 6) is 1.63. The maximum Gasteiger partial charge on any atom is 0.349 e. The number of amides is 1. The van der Waals surface area contributed by atoms with E-state index in [9.17, 15) is 9.59 Å². The smallest absolute Gasteiger partial charge is 0.349 e. The fourth-order valence-electron chi connectivity index (χ4n) is 4.11. The Morgan fingerprint density at radius 2 is 1.79 bits per heavy atom. The molecule has 0 saturated carbocycles. The van der Waals surface area contributed by atoms with Crippen LogP contribution in [0.3, 0.4) is 0 Å². The van der Waals surface area contributed by atoms with Gasteiger partial charge < -0.3 is 19.0 Å². The first-order valence-electron chi connectivity index (χ1n) is 10.9. The minimum absolute atomic E-state index is 0.0180. The highest BCUT2D eigenvalue weighted by atomic mass is 16.5. The zero-order valence-corrected chi connectivity index (χ0v) is 19.2. The highest BCUT2D eigenvalue weighted by Crippen LogP contribution is 2.25. The quantitative estimate of drug-likeness (QED) is 0.427. The number of fused-ring (bicyclic) bond motifs is 1. The minimum atomic E-state index is -0.670. The Kier molecular flexibility index (Phi) is 5.48. The number of methoxy groups -OCH3 is 1. The monoisotopic (exact) mass is 460 g/mol. The Bertz CT molecular complexity index is 1440. The summed E-state index contributed by atoms with van der Waals surface area (Å²) in [7, 11) is 1.51. The molecule has 0 spiro atoms. The molecule has 1 amide bonds. The first-order valence-corrected chi connectivity index (χ1v) is 10.9. The number of carbonyl (C=O) groups is 1. The number of rotatable bonds is 4. The number of benzene rings is 1. The Hall–Kier alpha value is -4.21. The van der Waals surface area contributed by atoms with Crippen molar-refractivity contribution in [2.75, 3.05) is 38.2 Å². The van der Waals surface area contributed by atoms with Crippen LogP contribution >= 0.6 is 0 Å². The molecule has 4 aromatic rings. The van der Waals surface area contributed by atoms with Crippen molar-refractivity contribution in [1.82, 2.24) is 24.4 Å². The third-order valence-electron chi connectivity index (χ3n) is 6.20. The molecule has 34 heavy (non-hydrogen) atoms. The average molecular weight is 460 g/mol. The van der Waals surface area contributed by atoms with Crippen LogP contribution in [0.15, 0.2) is 52.2 Å². The lowest BCUT2D eigenvalue weighted by Gasteiger charge is -2.35. The van der Waals surface area contributed by atoms with E-state index < -0.39 is 5.63 Å². The summed E-state index contributed by atoms with van der Waals surface area (Å²) in [6.07, 6.45) is 3.28. The van der Waals surface area contributed by atoms with Gasteiger partial charge in [-0.05, 0) is 26.0 Å². The summed E-state index contributed by atoms with van der Waals surface area (Å²) in [4.78, 5) is 42.6. The number of hydrogen-bond acceptors (Lipinski definition) is 8. The van der Waals surface area contributed by atoms with E-state index in [0.717, 1.165) is 23.0 Å². The van der Waals surface area contributed by atoms with Gasteiger partial charge >= 0.3 is 5.63 Å². The number of imidazole rings is 1. The van der Waals surface area contributed by atoms with Crippen molar-refractivity contribution in [1.29, 1.82) is 0 Å². The number of aromatic nitrogens is 4. The summed E-state index contributed by atoms with van der Waals surface area (Å²) in [6, 6.07) is 8.77. The predicted molar refractivity (Wildman–Crippen MR) is 126 cm³/mol. The second kappa shape index (κ2) is 8.62. The number of ether oxygens (including phenoxy) is 1. The Morgan fingerprint density at radius 1 is 1.03 bits per heavy atom. The SMILES string of the molecule is COc1cccc2cc(C(=O)N3CCN(c4cc(-n5cnc(C)c5C)ncn4)CC3)c(=O)oc12. The molecule has 1 aliphatic heterocycles. The molecule has 5 rings (SSSR count). The molecule has 4 heterocycles. The first kappa shape index (κ1) is 21.6. The molecule has 0 radical (unpaired) electrons. The largest absolute Gasteiger partial charge is 0.493 e. The van der Waals surface area contributed by atoms with Gasteiger partial charge in [-0.3, -0.25) is 9.36 Å². The fraction of sp³-hybridized carbons (Fsp3) is 0.292. The first-order chi connectivity index (χ1) is 16.5. The van der Waals surface area contributed by atoms with E-state index in [4.69, 9.17) is 9.15 Å². The third-order valence-corrected chi connectivity index (χ3v) is 6.20. The van der Waals surface area contributed by atoms with Crippen LogP contribution < -0.4 is 15.3 Å². The van der Waals surface area contributed by atoms with Crippen molar-refractivity contribution >= 4 is 22.7 Å². The standard InChI is InChI=1S/C24H24N6O4/c1-15-16(2)30(14-27-15)21-12-20(25-13-26-21)28-7-9-29(10-8-28)23(31)18-11-17-5-4-6-19(33-3)22(17)34-24(18)32/h4-6,11-14H,7-10H2,1-3H3. The van der Waals surface area contributed by atoms with E-state index in [0.29, 0.717) is 42.9 Å². The Labute approximate surface area is 195 Å². The van der Waals surface area contributed by atoms with Crippen molar-refractivity contribution in [3.8, 4) is 11.6 Å². The molecule has 0 atom stereocenters. The van der Waals surface area contributed by atoms with Gasteiger partial charge in [0.05, 0.1) is 12.8 Å². The molecule has 0 N–H and O–H groups in total. The van der Waals surface area contributed by atoms with Gasteiger partial charge in [0.1, 0.15) is 29.9 Å². The highest BCUT2D eigenvalue weighted by molar-refractivity contribution is 5.97. The second-order valence-corrected chi connectivity index (χ2v) is 8.13. The molecule has 10 heteroatoms. The summed E-state index contributed by atoms with van der Waals surface area (Å²) in [5.41, 5.74) is 1.65. The number of para-hydroxylation sites is 1. The molecule has 1 fully saturated rings. The molecule has 10 nitrogen and oxygen atoms in total. The molecule has 1 aromatic carbocycles. The number of anilines is 1. The molecule has 0 bridgehead atoms. The van der Waals surface area contributed by atoms with Crippen LogP contribution in [0.5, 0.6) is 5.75 Å². The fourth-order valence-corrected chi connectivity index (χ4v) is 4.11. The molecule has 174 valence electrons. The average Bonchev–Trinajstić information content (AvgIpc) is 3.21. The van der Waals surface area contributed by atoms with Crippen LogP contribution in [-0.2, 0) is 0 Å². The third kappa shape index (κ3) is 3.76. The van der Waals surface area contributed by atoms with Gasteiger partial charge in [-0.2, -0.15) is 0 Å². The van der Waals surface area contributed by atoms with Gasteiger partial charge in [0.2, 0.25) is 0 Å². The number of piperazine rings is 1. The number of carbonyl (C=O) groups excluding carboxylic acids is 1. The molecular weight excluding hydrogens is 436 g/mol. The van der Waals surface area contributed by atoms with E-state index in [2.05, 4.69) is 19.9 Å². The van der Waals surface area contributed by atoms with E-state index in [1.54, 1.807) is 35.5 Å². The molecular formula is C24H24N6O4. The molecule has 1 aliphatic rings. The van der Waals surface area contributed by atoms with Crippen molar-refractivity contribution in [2.45, 2.75) is 13.8 Å². The summed E-state index contributed by atoms with van der Waals surface area (Å²) >= 11 is 0. The van der Waals surface area contributed by atoms with Crippen LogP contribution in [-0.4, -0.2) is 63.6 Å². The lowest BCUT2D eigenvalue weighted by molar-refractivity contribution is 0.0742. The van der Waals surface area contributed by atoms with Gasteiger partial charge in [-0.25, -0.2) is 19.7 Å². The Morgan fingerprint density at radius 3 is 2.50 bits per heavy atom. The summed E-state index contributed by atoms with van der Waals surface area (Å²) in [5, 5.41) is 0.638. The van der Waals surface area contributed by atoms with Crippen molar-refractivity contribution < 1.29 is 13.9 Å². The Balaban J connectivity index is 1.33. The van der Waals surface area contributed by atoms with Crippen LogP contribution in [0, 0.1) is 13.8 Å². The molecule has 1 saturated heterocycles. The predicted octanol–water partition coefficient (Wildman–Crippen LogP) is 2.36. The topological polar surface area (TPSA) is 107 Å². The van der Waals surface area contributed by atoms with Crippen molar-refractivity contribution in [3.63, 3.8) is 0 Å². The van der Waals surface area contributed by atoms with Crippen molar-refractivity contribution in [3.05, 3.63) is 70.4 Å². The molecule has 0 aliphatic carbocycles. The van der Waals surface area contributed by atoms with E-state index in [1.807, 2.05) is 24.5 Å². The highest BCUT2D eigenvalue weighted by Gasteiger charge is 2.26. The summed E-state index contributed by atoms with van der Waals surface area (Å²) in [6.45, 7) is 6.02. The maximum atomic E-state index is 13.1. The van der Waals surface area contributed by atoms with E-state index >= 15 is 0 Å². The maximum absolute atomic E-state index is 13.1.